The number of hydrogen-bond donors (Lipinski definition) is 1. The normalized spacial score (nSPS) is 13.7. The van der Waals surface area contributed by atoms with Gasteiger partial charge in [-0.1, -0.05) is 27.7 Å². The number of hydrogen-bond acceptors (Lipinski definition) is 9. The number of esters is 2. The zero-order chi connectivity index (χ0) is 25.8. The van der Waals surface area contributed by atoms with E-state index in [2.05, 4.69) is 24.1 Å². The van der Waals surface area contributed by atoms with Crippen molar-refractivity contribution in [2.75, 3.05) is 20.5 Å². The molecule has 10 nitrogen and oxygen atoms in total. The van der Waals surface area contributed by atoms with Crippen molar-refractivity contribution < 1.29 is 38.1 Å². The van der Waals surface area contributed by atoms with Crippen LogP contribution in [0.4, 0.5) is 0 Å². The van der Waals surface area contributed by atoms with E-state index in [1.165, 1.54) is 33.2 Å². The van der Waals surface area contributed by atoms with Gasteiger partial charge >= 0.3 is 11.9 Å². The molecule has 1 aromatic rings. The maximum Gasteiger partial charge on any atom is 0.328 e. The molecule has 1 heterocycles. The number of carbonyl (C=O) groups is 3. The van der Waals surface area contributed by atoms with E-state index in [1.54, 1.807) is 0 Å². The largest absolute Gasteiger partial charge is 0.493 e. The van der Waals surface area contributed by atoms with Gasteiger partial charge in [-0.25, -0.2) is 9.78 Å². The Kier molecular flexibility index (Phi) is 12.3. The highest BCUT2D eigenvalue weighted by Crippen LogP contribution is 2.29. The summed E-state index contributed by atoms with van der Waals surface area (Å²) in [6.45, 7) is 12.9. The van der Waals surface area contributed by atoms with Gasteiger partial charge in [0.1, 0.15) is 12.1 Å². The number of methoxy groups -OCH3 is 1. The number of ether oxygens (including phenoxy) is 5. The van der Waals surface area contributed by atoms with Crippen LogP contribution >= 0.6 is 0 Å². The molecule has 0 saturated heterocycles. The van der Waals surface area contributed by atoms with Crippen molar-refractivity contribution in [3.8, 4) is 11.5 Å². The average Bonchev–Trinajstić information content (AvgIpc) is 2.76. The molecule has 0 saturated carbocycles. The van der Waals surface area contributed by atoms with Gasteiger partial charge in [-0.3, -0.25) is 9.59 Å². The molecule has 10 heteroatoms. The highest BCUT2D eigenvalue weighted by atomic mass is 16.7. The number of nitrogens with one attached hydrogen (secondary N) is 1. The van der Waals surface area contributed by atoms with E-state index in [9.17, 15) is 14.4 Å². The lowest BCUT2D eigenvalue weighted by molar-refractivity contribution is -0.162. The summed E-state index contributed by atoms with van der Waals surface area (Å²) in [6.07, 6.45) is 1.49. The molecule has 0 radical (unpaired) electrons. The third-order valence-electron chi connectivity index (χ3n) is 4.92. The number of pyridine rings is 1. The predicted molar refractivity (Wildman–Crippen MR) is 125 cm³/mol. The van der Waals surface area contributed by atoms with Crippen LogP contribution in [0.3, 0.4) is 0 Å². The molecule has 0 aliphatic heterocycles. The van der Waals surface area contributed by atoms with E-state index in [-0.39, 0.29) is 29.2 Å². The van der Waals surface area contributed by atoms with Crippen LogP contribution in [-0.4, -0.2) is 61.6 Å². The molecule has 0 bridgehead atoms. The van der Waals surface area contributed by atoms with Crippen LogP contribution < -0.4 is 14.8 Å². The maximum atomic E-state index is 12.9. The molecule has 0 spiro atoms. The molecular formula is C24H38N2O8. The van der Waals surface area contributed by atoms with E-state index >= 15 is 0 Å². The molecule has 1 N–H and O–H groups in total. The molecule has 3 atom stereocenters. The van der Waals surface area contributed by atoms with Crippen molar-refractivity contribution in [3.05, 3.63) is 18.0 Å². The predicted octanol–water partition coefficient (Wildman–Crippen LogP) is 3.13. The molecule has 1 unspecified atom stereocenters. The first kappa shape index (κ1) is 29.2. The van der Waals surface area contributed by atoms with Crippen LogP contribution in [0.2, 0.25) is 0 Å². The minimum Gasteiger partial charge on any atom is -0.493 e. The molecule has 0 aromatic carbocycles. The first-order valence-corrected chi connectivity index (χ1v) is 11.4. The molecule has 0 aliphatic rings. The highest BCUT2D eigenvalue weighted by molar-refractivity contribution is 5.98. The number of nitrogens with zero attached hydrogens (tertiary/aromatic N) is 1. The fourth-order valence-electron chi connectivity index (χ4n) is 2.98. The zero-order valence-electron chi connectivity index (χ0n) is 21.4. The summed E-state index contributed by atoms with van der Waals surface area (Å²) in [7, 11) is 1.39. The quantitative estimate of drug-likeness (QED) is 0.315. The van der Waals surface area contributed by atoms with Crippen molar-refractivity contribution in [2.24, 2.45) is 11.8 Å². The maximum absolute atomic E-state index is 12.9. The van der Waals surface area contributed by atoms with Gasteiger partial charge in [0.15, 0.2) is 17.2 Å². The van der Waals surface area contributed by atoms with E-state index < -0.39 is 36.8 Å². The minimum atomic E-state index is -0.967. The summed E-state index contributed by atoms with van der Waals surface area (Å²) in [5, 5.41) is 2.57. The molecule has 1 amide bonds. The third kappa shape index (κ3) is 9.54. The van der Waals surface area contributed by atoms with Crippen molar-refractivity contribution in [2.45, 2.75) is 73.1 Å². The molecule has 0 aliphatic carbocycles. The lowest BCUT2D eigenvalue weighted by Gasteiger charge is -2.29. The van der Waals surface area contributed by atoms with Gasteiger partial charge in [0.05, 0.1) is 13.2 Å². The third-order valence-corrected chi connectivity index (χ3v) is 4.92. The second-order valence-corrected chi connectivity index (χ2v) is 8.69. The van der Waals surface area contributed by atoms with Crippen LogP contribution in [0.1, 0.15) is 65.4 Å². The Balaban J connectivity index is 2.86. The first-order chi connectivity index (χ1) is 16.0. The lowest BCUT2D eigenvalue weighted by Crippen LogP contribution is -2.44. The monoisotopic (exact) mass is 482 g/mol. The van der Waals surface area contributed by atoms with E-state index in [4.69, 9.17) is 23.7 Å². The Morgan fingerprint density at radius 3 is 2.32 bits per heavy atom. The van der Waals surface area contributed by atoms with Gasteiger partial charge < -0.3 is 29.0 Å². The smallest absolute Gasteiger partial charge is 0.328 e. The van der Waals surface area contributed by atoms with Crippen molar-refractivity contribution >= 4 is 17.8 Å². The van der Waals surface area contributed by atoms with Gasteiger partial charge in [-0.15, -0.1) is 0 Å². The molecule has 192 valence electrons. The van der Waals surface area contributed by atoms with Crippen LogP contribution in [0.25, 0.3) is 0 Å². The van der Waals surface area contributed by atoms with E-state index in [1.807, 2.05) is 20.8 Å². The summed E-state index contributed by atoms with van der Waals surface area (Å²) in [5.74, 6) is -1.10. The Hall–Kier alpha value is -2.88. The van der Waals surface area contributed by atoms with Crippen LogP contribution in [0, 0.1) is 11.8 Å². The molecule has 1 rings (SSSR count). The Labute approximate surface area is 201 Å². The van der Waals surface area contributed by atoms with Gasteiger partial charge in [-0.05, 0) is 32.1 Å². The summed E-state index contributed by atoms with van der Waals surface area (Å²) in [5.41, 5.74) is -0.128. The Bertz CT molecular complexity index is 812. The molecule has 1 aromatic heterocycles. The molecule has 0 fully saturated rings. The summed E-state index contributed by atoms with van der Waals surface area (Å²) in [6, 6.07) is 0.525. The number of carbonyl (C=O) groups excluding carboxylic acids is 3. The number of amides is 1. The highest BCUT2D eigenvalue weighted by Gasteiger charge is 2.30. The fraction of sp³-hybridized carbons (Fsp3) is 0.667. The number of aromatic nitrogens is 1. The molecular weight excluding hydrogens is 444 g/mol. The van der Waals surface area contributed by atoms with Gasteiger partial charge in [-0.2, -0.15) is 0 Å². The lowest BCUT2D eigenvalue weighted by atomic mass is 10.0. The average molecular weight is 483 g/mol. The van der Waals surface area contributed by atoms with Crippen molar-refractivity contribution in [1.29, 1.82) is 0 Å². The second kappa shape index (κ2) is 14.4. The second-order valence-electron chi connectivity index (χ2n) is 8.69. The summed E-state index contributed by atoms with van der Waals surface area (Å²) >= 11 is 0. The SMILES string of the molecule is COc1ccnc(C(=O)N[C@@H](C)C(=O)OC(C(C)C)[C@H](C)OCCC(C)C)c1OCOC(C)=O. The standard InChI is InChI=1S/C24H38N2O8/c1-14(2)10-12-31-17(6)21(15(3)4)34-24(29)16(5)26-23(28)20-22(33-13-32-18(7)27)19(30-8)9-11-25-20/h9,11,14-17,21H,10,12-13H2,1-8H3,(H,26,28)/t16-,17-,21?/m0/s1. The Morgan fingerprint density at radius 2 is 1.76 bits per heavy atom. The van der Waals surface area contributed by atoms with Crippen LogP contribution in [-0.2, 0) is 23.8 Å². The summed E-state index contributed by atoms with van der Waals surface area (Å²) in [4.78, 5) is 40.6. The van der Waals surface area contributed by atoms with Crippen molar-refractivity contribution in [1.82, 2.24) is 10.3 Å². The molecule has 34 heavy (non-hydrogen) atoms. The van der Waals surface area contributed by atoms with Gasteiger partial charge in [0.25, 0.3) is 5.91 Å². The zero-order valence-corrected chi connectivity index (χ0v) is 21.4. The van der Waals surface area contributed by atoms with E-state index in [0.29, 0.717) is 12.5 Å². The Morgan fingerprint density at radius 1 is 1.09 bits per heavy atom. The minimum absolute atomic E-state index is 0.0160. The summed E-state index contributed by atoms with van der Waals surface area (Å²) < 4.78 is 26.9. The fourth-order valence-corrected chi connectivity index (χ4v) is 2.98. The first-order valence-electron chi connectivity index (χ1n) is 11.4. The number of rotatable bonds is 14. The topological polar surface area (TPSA) is 122 Å². The van der Waals surface area contributed by atoms with Gasteiger partial charge in [0, 0.05) is 25.8 Å². The van der Waals surface area contributed by atoms with Crippen LogP contribution in [0.5, 0.6) is 11.5 Å². The van der Waals surface area contributed by atoms with Crippen LogP contribution in [0.15, 0.2) is 12.3 Å². The van der Waals surface area contributed by atoms with Crippen molar-refractivity contribution in [3.63, 3.8) is 0 Å². The van der Waals surface area contributed by atoms with E-state index in [0.717, 1.165) is 6.42 Å². The van der Waals surface area contributed by atoms with Gasteiger partial charge in [0.2, 0.25) is 6.79 Å².